The molecule has 198 valence electrons. The lowest BCUT2D eigenvalue weighted by Crippen LogP contribution is -2.48. The average molecular weight is 555 g/mol. The molecule has 6 nitrogen and oxygen atoms in total. The minimum absolute atomic E-state index is 0.0116. The Kier molecular flexibility index (Phi) is 7.73. The molecule has 0 aliphatic carbocycles. The molecule has 1 aliphatic rings. The summed E-state index contributed by atoms with van der Waals surface area (Å²) in [6, 6.07) is 14.4. The summed E-state index contributed by atoms with van der Waals surface area (Å²) in [7, 11) is -2.49. The summed E-state index contributed by atoms with van der Waals surface area (Å²) >= 11 is 6.34. The largest absolute Gasteiger partial charge is 0.495 e. The third-order valence-corrected chi connectivity index (χ3v) is 7.77. The molecule has 0 saturated carbocycles. The summed E-state index contributed by atoms with van der Waals surface area (Å²) in [4.78, 5) is 6.27. The fourth-order valence-corrected chi connectivity index (χ4v) is 5.59. The lowest BCUT2D eigenvalue weighted by Gasteiger charge is -2.45. The zero-order valence-corrected chi connectivity index (χ0v) is 21.9. The second-order valence-corrected chi connectivity index (χ2v) is 11.3. The minimum Gasteiger partial charge on any atom is -0.495 e. The molecule has 2 aromatic carbocycles. The molecule has 1 fully saturated rings. The molecule has 1 aromatic heterocycles. The molecule has 4 rings (SSSR count). The number of likely N-dealkylation sites (tertiary alicyclic amines) is 1. The predicted octanol–water partition coefficient (Wildman–Crippen LogP) is 5.67. The Hall–Kier alpha value is -2.82. The number of sulfone groups is 1. The second kappa shape index (κ2) is 10.5. The molecular formula is C26H26ClF3N2O4S. The number of hydrogen-bond donors (Lipinski definition) is 0. The van der Waals surface area contributed by atoms with Gasteiger partial charge in [0.05, 0.1) is 29.4 Å². The van der Waals surface area contributed by atoms with E-state index < -0.39 is 28.2 Å². The van der Waals surface area contributed by atoms with Crippen LogP contribution in [0, 0.1) is 0 Å². The van der Waals surface area contributed by atoms with Crippen LogP contribution in [0.3, 0.4) is 0 Å². The number of hydrogen-bond acceptors (Lipinski definition) is 6. The summed E-state index contributed by atoms with van der Waals surface area (Å²) in [5, 5.41) is 0.531. The van der Waals surface area contributed by atoms with Crippen LogP contribution in [0.2, 0.25) is 5.02 Å². The van der Waals surface area contributed by atoms with Crippen molar-refractivity contribution in [1.29, 1.82) is 0 Å². The summed E-state index contributed by atoms with van der Waals surface area (Å²) in [6.45, 7) is 1.87. The van der Waals surface area contributed by atoms with Crippen LogP contribution in [0.1, 0.15) is 35.7 Å². The first-order chi connectivity index (χ1) is 17.4. The number of benzene rings is 2. The van der Waals surface area contributed by atoms with E-state index in [1.807, 2.05) is 23.1 Å². The molecule has 0 radical (unpaired) electrons. The van der Waals surface area contributed by atoms with Gasteiger partial charge in [0.25, 0.3) is 0 Å². The van der Waals surface area contributed by atoms with Crippen molar-refractivity contribution in [3.05, 3.63) is 82.6 Å². The van der Waals surface area contributed by atoms with Gasteiger partial charge >= 0.3 is 6.18 Å². The quantitative estimate of drug-likeness (QED) is 0.358. The van der Waals surface area contributed by atoms with Gasteiger partial charge in [-0.05, 0) is 36.8 Å². The van der Waals surface area contributed by atoms with Gasteiger partial charge in [-0.15, -0.1) is 0 Å². The first-order valence-electron chi connectivity index (χ1n) is 11.5. The van der Waals surface area contributed by atoms with Crippen LogP contribution in [0.25, 0.3) is 0 Å². The topological polar surface area (TPSA) is 68.7 Å². The van der Waals surface area contributed by atoms with Crippen molar-refractivity contribution < 1.29 is 31.1 Å². The maximum Gasteiger partial charge on any atom is 0.425 e. The highest BCUT2D eigenvalue weighted by Crippen LogP contribution is 2.48. The van der Waals surface area contributed by atoms with Gasteiger partial charge in [0.15, 0.2) is 15.9 Å². The lowest BCUT2D eigenvalue weighted by molar-refractivity contribution is -0.189. The van der Waals surface area contributed by atoms with Crippen molar-refractivity contribution in [3.8, 4) is 11.5 Å². The van der Waals surface area contributed by atoms with Gasteiger partial charge in [0, 0.05) is 31.5 Å². The van der Waals surface area contributed by atoms with Crippen LogP contribution in [0.4, 0.5) is 13.2 Å². The van der Waals surface area contributed by atoms with Crippen LogP contribution in [0.5, 0.6) is 11.5 Å². The molecule has 37 heavy (non-hydrogen) atoms. The third-order valence-electron chi connectivity index (χ3n) is 6.33. The fourth-order valence-electron chi connectivity index (χ4n) is 4.47. The van der Waals surface area contributed by atoms with Crippen molar-refractivity contribution in [2.45, 2.75) is 36.1 Å². The molecule has 2 heterocycles. The second-order valence-electron chi connectivity index (χ2n) is 8.92. The molecule has 2 atom stereocenters. The van der Waals surface area contributed by atoms with E-state index in [1.165, 1.54) is 19.2 Å². The highest BCUT2D eigenvalue weighted by molar-refractivity contribution is 7.90. The Morgan fingerprint density at radius 3 is 2.32 bits per heavy atom. The lowest BCUT2D eigenvalue weighted by atomic mass is 9.87. The molecule has 1 unspecified atom stereocenters. The SMILES string of the molecule is COc1c(S(C)(=O)=O)ccc(O[C@@H](C)C(F)(F)F)c1C(c1ccccc1)N1CC(c2ncccc2Cl)C1. The molecule has 0 N–H and O–H groups in total. The zero-order valence-electron chi connectivity index (χ0n) is 20.4. The number of methoxy groups -OCH3 is 1. The molecular weight excluding hydrogens is 529 g/mol. The molecule has 11 heteroatoms. The van der Waals surface area contributed by atoms with Crippen molar-refractivity contribution >= 4 is 21.4 Å². The first-order valence-corrected chi connectivity index (χ1v) is 13.7. The number of rotatable bonds is 8. The van der Waals surface area contributed by atoms with E-state index >= 15 is 0 Å². The van der Waals surface area contributed by atoms with E-state index in [2.05, 4.69) is 4.98 Å². The van der Waals surface area contributed by atoms with Crippen LogP contribution < -0.4 is 9.47 Å². The van der Waals surface area contributed by atoms with Gasteiger partial charge in [-0.2, -0.15) is 13.2 Å². The van der Waals surface area contributed by atoms with Crippen molar-refractivity contribution in [3.63, 3.8) is 0 Å². The van der Waals surface area contributed by atoms with Crippen molar-refractivity contribution in [2.75, 3.05) is 26.5 Å². The van der Waals surface area contributed by atoms with Gasteiger partial charge in [-0.25, -0.2) is 8.42 Å². The minimum atomic E-state index is -4.63. The number of pyridine rings is 1. The first kappa shape index (κ1) is 27.2. The fraction of sp³-hybridized carbons (Fsp3) is 0.346. The standard InChI is InChI=1S/C26H26ClF3N2O4S/c1-16(26(28,29)30)36-20-11-12-21(37(3,33)34)25(35-2)22(20)24(17-8-5-4-6-9-17)32-14-18(15-32)23-19(27)10-7-13-31-23/h4-13,16,18,24H,14-15H2,1-3H3/t16-,24?/m0/s1. The highest BCUT2D eigenvalue weighted by atomic mass is 35.5. The molecule has 3 aromatic rings. The van der Waals surface area contributed by atoms with E-state index in [9.17, 15) is 21.6 Å². The molecule has 0 bridgehead atoms. The van der Waals surface area contributed by atoms with Crippen LogP contribution in [0.15, 0.2) is 65.7 Å². The summed E-state index contributed by atoms with van der Waals surface area (Å²) in [6.07, 6.45) is -4.08. The van der Waals surface area contributed by atoms with Gasteiger partial charge in [0.1, 0.15) is 16.4 Å². The van der Waals surface area contributed by atoms with E-state index in [0.29, 0.717) is 18.1 Å². The number of ether oxygens (including phenoxy) is 2. The van der Waals surface area contributed by atoms with Gasteiger partial charge in [-0.1, -0.05) is 41.9 Å². The predicted molar refractivity (Wildman–Crippen MR) is 134 cm³/mol. The third kappa shape index (κ3) is 5.71. The monoisotopic (exact) mass is 554 g/mol. The summed E-state index contributed by atoms with van der Waals surface area (Å²) in [5.74, 6) is -0.174. The summed E-state index contributed by atoms with van der Waals surface area (Å²) < 4.78 is 76.6. The smallest absolute Gasteiger partial charge is 0.425 e. The Morgan fingerprint density at radius 2 is 1.76 bits per heavy atom. The van der Waals surface area contributed by atoms with E-state index in [4.69, 9.17) is 21.1 Å². The normalized spacial score (nSPS) is 16.6. The van der Waals surface area contributed by atoms with Crippen LogP contribution in [-0.4, -0.2) is 57.0 Å². The van der Waals surface area contributed by atoms with Gasteiger partial charge < -0.3 is 9.47 Å². The van der Waals surface area contributed by atoms with Crippen LogP contribution in [-0.2, 0) is 9.84 Å². The van der Waals surface area contributed by atoms with Crippen LogP contribution >= 0.6 is 11.6 Å². The summed E-state index contributed by atoms with van der Waals surface area (Å²) in [5.41, 5.74) is 1.67. The highest BCUT2D eigenvalue weighted by Gasteiger charge is 2.42. The van der Waals surface area contributed by atoms with E-state index in [0.717, 1.165) is 24.4 Å². The number of halogens is 4. The van der Waals surface area contributed by atoms with Crippen molar-refractivity contribution in [2.24, 2.45) is 0 Å². The Morgan fingerprint density at radius 1 is 1.08 bits per heavy atom. The molecule has 1 aliphatic heterocycles. The van der Waals surface area contributed by atoms with E-state index in [1.54, 1.807) is 30.5 Å². The number of nitrogens with zero attached hydrogens (tertiary/aromatic N) is 2. The number of alkyl halides is 3. The maximum absolute atomic E-state index is 13.5. The molecule has 0 amide bonds. The average Bonchev–Trinajstić information content (AvgIpc) is 2.81. The molecule has 1 saturated heterocycles. The van der Waals surface area contributed by atoms with Gasteiger partial charge in [-0.3, -0.25) is 9.88 Å². The Balaban J connectivity index is 1.86. The Bertz CT molecular complexity index is 1360. The maximum atomic E-state index is 13.5. The molecule has 0 spiro atoms. The van der Waals surface area contributed by atoms with Crippen molar-refractivity contribution in [1.82, 2.24) is 9.88 Å². The Labute approximate surface area is 218 Å². The van der Waals surface area contributed by atoms with Gasteiger partial charge in [0.2, 0.25) is 0 Å². The zero-order chi connectivity index (χ0) is 27.0. The number of aromatic nitrogens is 1. The van der Waals surface area contributed by atoms with E-state index in [-0.39, 0.29) is 27.9 Å².